The molecule has 0 aromatic heterocycles. The van der Waals surface area contributed by atoms with Gasteiger partial charge in [0.15, 0.2) is 0 Å². The number of benzene rings is 1. The summed E-state index contributed by atoms with van der Waals surface area (Å²) in [6.45, 7) is 2.88. The number of hydrogen-bond donors (Lipinski definition) is 0. The van der Waals surface area contributed by atoms with Crippen LogP contribution in [0, 0.1) is 0 Å². The van der Waals surface area contributed by atoms with E-state index in [4.69, 9.17) is 4.74 Å². The molecule has 0 heterocycles. The quantitative estimate of drug-likeness (QED) is 0.740. The fourth-order valence-electron chi connectivity index (χ4n) is 1.64. The third-order valence-electron chi connectivity index (χ3n) is 2.39. The van der Waals surface area contributed by atoms with Crippen LogP contribution in [-0.4, -0.2) is 12.6 Å². The Bertz CT molecular complexity index is 383. The number of rotatable bonds is 5. The lowest BCUT2D eigenvalue weighted by Crippen LogP contribution is -2.12. The second-order valence-electron chi connectivity index (χ2n) is 3.85. The van der Waals surface area contributed by atoms with Gasteiger partial charge in [-0.05, 0) is 18.9 Å². The fourth-order valence-corrected chi connectivity index (χ4v) is 1.64. The molecule has 0 unspecified atom stereocenters. The first-order chi connectivity index (χ1) is 7.95. The van der Waals surface area contributed by atoms with Crippen molar-refractivity contribution in [2.45, 2.75) is 32.6 Å². The van der Waals surface area contributed by atoms with Gasteiger partial charge < -0.3 is 4.74 Å². The van der Waals surface area contributed by atoms with Crippen LogP contribution in [0.3, 0.4) is 0 Å². The van der Waals surface area contributed by atoms with E-state index in [2.05, 4.69) is 0 Å². The predicted octanol–water partition coefficient (Wildman–Crippen LogP) is 3.29. The molecule has 0 spiro atoms. The van der Waals surface area contributed by atoms with Crippen LogP contribution in [0.2, 0.25) is 0 Å². The van der Waals surface area contributed by atoms with E-state index >= 15 is 0 Å². The molecule has 0 fully saturated rings. The van der Waals surface area contributed by atoms with Crippen LogP contribution < -0.4 is 0 Å². The number of carbonyl (C=O) groups is 1. The second-order valence-corrected chi connectivity index (χ2v) is 3.85. The number of carbonyl (C=O) groups excluding carboxylic acids is 1. The van der Waals surface area contributed by atoms with Gasteiger partial charge in [0.2, 0.25) is 0 Å². The minimum atomic E-state index is -2.88. The lowest BCUT2D eigenvalue weighted by atomic mass is 9.99. The molecule has 2 nitrogen and oxygen atoms in total. The first kappa shape index (κ1) is 13.6. The van der Waals surface area contributed by atoms with Gasteiger partial charge in [0.25, 0.3) is 5.92 Å². The van der Waals surface area contributed by atoms with E-state index in [1.54, 1.807) is 25.1 Å². The summed E-state index contributed by atoms with van der Waals surface area (Å²) in [4.78, 5) is 11.2. The zero-order valence-electron chi connectivity index (χ0n) is 10.0. The molecule has 0 atom stereocenters. The van der Waals surface area contributed by atoms with Crippen molar-refractivity contribution in [1.29, 1.82) is 0 Å². The van der Waals surface area contributed by atoms with Crippen LogP contribution in [0.4, 0.5) is 8.78 Å². The maximum absolute atomic E-state index is 13.3. The van der Waals surface area contributed by atoms with Gasteiger partial charge >= 0.3 is 5.97 Å². The SMILES string of the molecule is CCOC(=O)CCc1ccccc1C(C)(F)F. The summed E-state index contributed by atoms with van der Waals surface area (Å²) in [6, 6.07) is 6.27. The number of aryl methyl sites for hydroxylation is 1. The lowest BCUT2D eigenvalue weighted by molar-refractivity contribution is -0.143. The predicted molar refractivity (Wildman–Crippen MR) is 61.0 cm³/mol. The summed E-state index contributed by atoms with van der Waals surface area (Å²) in [6.07, 6.45) is 0.402. The zero-order valence-corrected chi connectivity index (χ0v) is 10.0. The monoisotopic (exact) mass is 242 g/mol. The number of esters is 1. The van der Waals surface area contributed by atoms with Gasteiger partial charge in [0, 0.05) is 18.9 Å². The van der Waals surface area contributed by atoms with Crippen LogP contribution >= 0.6 is 0 Å². The van der Waals surface area contributed by atoms with E-state index in [0.29, 0.717) is 12.2 Å². The fraction of sp³-hybridized carbons (Fsp3) is 0.462. The summed E-state index contributed by atoms with van der Waals surface area (Å²) >= 11 is 0. The molecule has 0 N–H and O–H groups in total. The Hall–Kier alpha value is -1.45. The second kappa shape index (κ2) is 5.75. The van der Waals surface area contributed by atoms with Crippen LogP contribution in [0.25, 0.3) is 0 Å². The van der Waals surface area contributed by atoms with Gasteiger partial charge in [-0.15, -0.1) is 0 Å². The number of ether oxygens (including phenoxy) is 1. The number of hydrogen-bond acceptors (Lipinski definition) is 2. The summed E-state index contributed by atoms with van der Waals surface area (Å²) in [7, 11) is 0. The highest BCUT2D eigenvalue weighted by atomic mass is 19.3. The van der Waals surface area contributed by atoms with Gasteiger partial charge in [0.05, 0.1) is 6.61 Å². The van der Waals surface area contributed by atoms with Crippen LogP contribution in [0.15, 0.2) is 24.3 Å². The molecule has 0 saturated carbocycles. The maximum Gasteiger partial charge on any atom is 0.306 e. The Morgan fingerprint density at radius 2 is 2.00 bits per heavy atom. The first-order valence-electron chi connectivity index (χ1n) is 5.57. The van der Waals surface area contributed by atoms with Gasteiger partial charge in [0.1, 0.15) is 0 Å². The summed E-state index contributed by atoms with van der Waals surface area (Å²) in [5.74, 6) is -3.24. The van der Waals surface area contributed by atoms with E-state index in [1.165, 1.54) is 6.07 Å². The van der Waals surface area contributed by atoms with Crippen molar-refractivity contribution in [3.8, 4) is 0 Å². The number of alkyl halides is 2. The molecule has 1 rings (SSSR count). The van der Waals surface area contributed by atoms with Crippen molar-refractivity contribution in [3.05, 3.63) is 35.4 Å². The molecule has 94 valence electrons. The highest BCUT2D eigenvalue weighted by Crippen LogP contribution is 2.30. The van der Waals surface area contributed by atoms with Crippen molar-refractivity contribution in [2.24, 2.45) is 0 Å². The summed E-state index contributed by atoms with van der Waals surface area (Å²) in [5.41, 5.74) is 0.470. The van der Waals surface area contributed by atoms with Crippen LogP contribution in [0.1, 0.15) is 31.4 Å². The minimum Gasteiger partial charge on any atom is -0.466 e. The Labute approximate surface area is 99.6 Å². The van der Waals surface area contributed by atoms with Crippen LogP contribution in [0.5, 0.6) is 0 Å². The van der Waals surface area contributed by atoms with Gasteiger partial charge in [-0.25, -0.2) is 8.78 Å². The molecular weight excluding hydrogens is 226 g/mol. The van der Waals surface area contributed by atoms with Crippen molar-refractivity contribution in [2.75, 3.05) is 6.61 Å². The third-order valence-corrected chi connectivity index (χ3v) is 2.39. The van der Waals surface area contributed by atoms with E-state index in [1.807, 2.05) is 0 Å². The molecule has 4 heteroatoms. The third kappa shape index (κ3) is 4.13. The average Bonchev–Trinajstić information content (AvgIpc) is 2.26. The molecule has 17 heavy (non-hydrogen) atoms. The van der Waals surface area contributed by atoms with Crippen molar-refractivity contribution < 1.29 is 18.3 Å². The number of halogens is 2. The lowest BCUT2D eigenvalue weighted by Gasteiger charge is -2.15. The average molecular weight is 242 g/mol. The van der Waals surface area contributed by atoms with Gasteiger partial charge in [-0.2, -0.15) is 0 Å². The van der Waals surface area contributed by atoms with Gasteiger partial charge in [-0.1, -0.05) is 24.3 Å². The molecule has 1 aromatic carbocycles. The Kier molecular flexibility index (Phi) is 4.61. The highest BCUT2D eigenvalue weighted by molar-refractivity contribution is 5.69. The topological polar surface area (TPSA) is 26.3 Å². The molecule has 0 saturated heterocycles. The Morgan fingerprint density at radius 1 is 1.35 bits per heavy atom. The molecule has 0 bridgehead atoms. The molecule has 0 amide bonds. The summed E-state index contributed by atoms with van der Waals surface area (Å²) in [5, 5.41) is 0. The van der Waals surface area contributed by atoms with Crippen molar-refractivity contribution >= 4 is 5.97 Å². The molecule has 1 aromatic rings. The van der Waals surface area contributed by atoms with Crippen molar-refractivity contribution in [1.82, 2.24) is 0 Å². The standard InChI is InChI=1S/C13H16F2O2/c1-3-17-12(16)9-8-10-6-4-5-7-11(10)13(2,14)15/h4-7H,3,8-9H2,1-2H3. The molecule has 0 radical (unpaired) electrons. The minimum absolute atomic E-state index is 0.0238. The molecular formula is C13H16F2O2. The molecule has 0 aliphatic heterocycles. The maximum atomic E-state index is 13.3. The van der Waals surface area contributed by atoms with E-state index < -0.39 is 5.92 Å². The first-order valence-corrected chi connectivity index (χ1v) is 5.57. The van der Waals surface area contributed by atoms with Gasteiger partial charge in [-0.3, -0.25) is 4.79 Å². The highest BCUT2D eigenvalue weighted by Gasteiger charge is 2.26. The van der Waals surface area contributed by atoms with E-state index in [-0.39, 0.29) is 24.4 Å². The van der Waals surface area contributed by atoms with E-state index in [0.717, 1.165) is 6.92 Å². The Morgan fingerprint density at radius 3 is 2.59 bits per heavy atom. The molecule has 0 aliphatic carbocycles. The normalized spacial score (nSPS) is 11.3. The van der Waals surface area contributed by atoms with Crippen LogP contribution in [-0.2, 0) is 21.9 Å². The Balaban J connectivity index is 2.74. The largest absolute Gasteiger partial charge is 0.466 e. The zero-order chi connectivity index (χ0) is 12.9. The van der Waals surface area contributed by atoms with E-state index in [9.17, 15) is 13.6 Å². The molecule has 0 aliphatic rings. The van der Waals surface area contributed by atoms with Crippen molar-refractivity contribution in [3.63, 3.8) is 0 Å². The smallest absolute Gasteiger partial charge is 0.306 e. The summed E-state index contributed by atoms with van der Waals surface area (Å²) < 4.78 is 31.3.